The van der Waals surface area contributed by atoms with Gasteiger partial charge in [-0.15, -0.1) is 0 Å². The minimum atomic E-state index is -0.473. The largest absolute Gasteiger partial charge is 0.444 e. The molecule has 156 valence electrons. The van der Waals surface area contributed by atoms with E-state index in [1.165, 1.54) is 0 Å². The van der Waals surface area contributed by atoms with Crippen molar-refractivity contribution in [3.05, 3.63) is 41.7 Å². The smallest absolute Gasteiger partial charge is 0.410 e. The van der Waals surface area contributed by atoms with E-state index < -0.39 is 5.60 Å². The number of hydrogen-bond donors (Lipinski definition) is 1. The molecule has 2 aromatic heterocycles. The molecule has 0 spiro atoms. The Morgan fingerprint density at radius 2 is 2.07 bits per heavy atom. The van der Waals surface area contributed by atoms with Crippen molar-refractivity contribution in [2.45, 2.75) is 59.1 Å². The molecule has 1 N–H and O–H groups in total. The number of ether oxygens (including phenoxy) is 1. The van der Waals surface area contributed by atoms with Gasteiger partial charge in [0.15, 0.2) is 0 Å². The van der Waals surface area contributed by atoms with Crippen LogP contribution >= 0.6 is 0 Å². The van der Waals surface area contributed by atoms with Gasteiger partial charge >= 0.3 is 6.09 Å². The zero-order chi connectivity index (χ0) is 20.9. The highest BCUT2D eigenvalue weighted by Crippen LogP contribution is 2.22. The molecule has 8 nitrogen and oxygen atoms in total. The number of carbonyl (C=O) groups is 1. The van der Waals surface area contributed by atoms with Gasteiger partial charge in [-0.1, -0.05) is 0 Å². The van der Waals surface area contributed by atoms with E-state index in [1.54, 1.807) is 18.6 Å². The van der Waals surface area contributed by atoms with Gasteiger partial charge in [0, 0.05) is 31.2 Å². The molecule has 1 unspecified atom stereocenters. The van der Waals surface area contributed by atoms with Crippen LogP contribution in [0.1, 0.15) is 50.7 Å². The highest BCUT2D eigenvalue weighted by Gasteiger charge is 2.27. The van der Waals surface area contributed by atoms with Gasteiger partial charge in [-0.05, 0) is 58.9 Å². The molecule has 29 heavy (non-hydrogen) atoms. The number of hydrogen-bond acceptors (Lipinski definition) is 7. The molecule has 2 aromatic rings. The Bertz CT molecular complexity index is 819. The number of likely N-dealkylation sites (tertiary alicyclic amines) is 1. The first kappa shape index (κ1) is 21.0. The highest BCUT2D eigenvalue weighted by molar-refractivity contribution is 5.68. The summed E-state index contributed by atoms with van der Waals surface area (Å²) in [6.07, 6.45) is 7.89. The van der Waals surface area contributed by atoms with Crippen LogP contribution in [0.15, 0.2) is 24.7 Å². The first-order chi connectivity index (χ1) is 13.8. The van der Waals surface area contributed by atoms with E-state index in [0.29, 0.717) is 25.0 Å². The van der Waals surface area contributed by atoms with Crippen molar-refractivity contribution < 1.29 is 9.53 Å². The molecule has 8 heteroatoms. The van der Waals surface area contributed by atoms with Gasteiger partial charge in [-0.2, -0.15) is 0 Å². The molecule has 0 aliphatic carbocycles. The van der Waals surface area contributed by atoms with Crippen molar-refractivity contribution in [3.63, 3.8) is 0 Å². The number of rotatable bonds is 5. The van der Waals surface area contributed by atoms with Gasteiger partial charge in [-0.3, -0.25) is 9.97 Å². The normalized spacial score (nSPS) is 17.1. The van der Waals surface area contributed by atoms with E-state index in [2.05, 4.69) is 25.3 Å². The molecular weight excluding hydrogens is 368 g/mol. The lowest BCUT2D eigenvalue weighted by Gasteiger charge is -2.34. The third kappa shape index (κ3) is 6.66. The molecule has 0 aromatic carbocycles. The van der Waals surface area contributed by atoms with Crippen molar-refractivity contribution in [3.8, 4) is 0 Å². The van der Waals surface area contributed by atoms with Gasteiger partial charge in [0.25, 0.3) is 0 Å². The molecule has 1 amide bonds. The van der Waals surface area contributed by atoms with E-state index in [0.717, 1.165) is 42.9 Å². The van der Waals surface area contributed by atoms with Crippen LogP contribution < -0.4 is 5.32 Å². The summed E-state index contributed by atoms with van der Waals surface area (Å²) in [5, 5.41) is 3.20. The van der Waals surface area contributed by atoms with Crippen LogP contribution in [0.25, 0.3) is 0 Å². The molecule has 0 bridgehead atoms. The first-order valence-corrected chi connectivity index (χ1v) is 10.1. The summed E-state index contributed by atoms with van der Waals surface area (Å²) in [6, 6.07) is 1.93. The Hall–Kier alpha value is -2.77. The summed E-state index contributed by atoms with van der Waals surface area (Å²) in [7, 11) is 0. The summed E-state index contributed by atoms with van der Waals surface area (Å²) in [6.45, 7) is 9.55. The lowest BCUT2D eigenvalue weighted by atomic mass is 9.93. The lowest BCUT2D eigenvalue weighted by molar-refractivity contribution is 0.0165. The average Bonchev–Trinajstić information content (AvgIpc) is 2.67. The molecule has 3 rings (SSSR count). The van der Waals surface area contributed by atoms with Gasteiger partial charge < -0.3 is 15.0 Å². The SMILES string of the molecule is Cc1cnc(CNc2nccc(CC3CCCN(C(=O)OC(C)(C)C)C3)n2)cn1. The van der Waals surface area contributed by atoms with Gasteiger partial charge in [0.1, 0.15) is 5.60 Å². The fourth-order valence-corrected chi connectivity index (χ4v) is 3.29. The van der Waals surface area contributed by atoms with Gasteiger partial charge in [-0.25, -0.2) is 14.8 Å². The predicted molar refractivity (Wildman–Crippen MR) is 110 cm³/mol. The Labute approximate surface area is 172 Å². The Kier molecular flexibility index (Phi) is 6.61. The zero-order valence-corrected chi connectivity index (χ0v) is 17.7. The van der Waals surface area contributed by atoms with Crippen LogP contribution in [-0.4, -0.2) is 49.6 Å². The maximum atomic E-state index is 12.4. The van der Waals surface area contributed by atoms with Crippen LogP contribution in [0.4, 0.5) is 10.7 Å². The van der Waals surface area contributed by atoms with Crippen LogP contribution in [0.2, 0.25) is 0 Å². The second-order valence-electron chi connectivity index (χ2n) is 8.51. The van der Waals surface area contributed by atoms with Crippen molar-refractivity contribution in [2.75, 3.05) is 18.4 Å². The number of nitrogens with zero attached hydrogens (tertiary/aromatic N) is 5. The minimum Gasteiger partial charge on any atom is -0.444 e. The topological polar surface area (TPSA) is 93.1 Å². The summed E-state index contributed by atoms with van der Waals surface area (Å²) in [4.78, 5) is 31.7. The van der Waals surface area contributed by atoms with E-state index in [-0.39, 0.29) is 6.09 Å². The van der Waals surface area contributed by atoms with Crippen molar-refractivity contribution in [1.29, 1.82) is 0 Å². The van der Waals surface area contributed by atoms with Crippen LogP contribution in [0.3, 0.4) is 0 Å². The molecule has 1 aliphatic heterocycles. The lowest BCUT2D eigenvalue weighted by Crippen LogP contribution is -2.43. The van der Waals surface area contributed by atoms with E-state index in [4.69, 9.17) is 4.74 Å². The van der Waals surface area contributed by atoms with Crippen LogP contribution in [0.5, 0.6) is 0 Å². The van der Waals surface area contributed by atoms with Crippen LogP contribution in [0, 0.1) is 12.8 Å². The summed E-state index contributed by atoms with van der Waals surface area (Å²) >= 11 is 0. The Morgan fingerprint density at radius 1 is 1.24 bits per heavy atom. The number of nitrogens with one attached hydrogen (secondary N) is 1. The molecule has 0 radical (unpaired) electrons. The maximum Gasteiger partial charge on any atom is 0.410 e. The average molecular weight is 399 g/mol. The third-order valence-electron chi connectivity index (χ3n) is 4.64. The van der Waals surface area contributed by atoms with E-state index in [9.17, 15) is 4.79 Å². The number of anilines is 1. The number of aromatic nitrogens is 4. The fourth-order valence-electron chi connectivity index (χ4n) is 3.29. The van der Waals surface area contributed by atoms with Crippen LogP contribution in [-0.2, 0) is 17.7 Å². The van der Waals surface area contributed by atoms with Crippen molar-refractivity contribution in [2.24, 2.45) is 5.92 Å². The zero-order valence-electron chi connectivity index (χ0n) is 17.7. The summed E-state index contributed by atoms with van der Waals surface area (Å²) in [5.41, 5.74) is 2.22. The predicted octanol–water partition coefficient (Wildman–Crippen LogP) is 3.38. The first-order valence-electron chi connectivity index (χ1n) is 10.1. The summed E-state index contributed by atoms with van der Waals surface area (Å²) < 4.78 is 5.52. The van der Waals surface area contributed by atoms with Gasteiger partial charge in [0.2, 0.25) is 5.95 Å². The minimum absolute atomic E-state index is 0.230. The van der Waals surface area contributed by atoms with E-state index >= 15 is 0 Å². The maximum absolute atomic E-state index is 12.4. The third-order valence-corrected chi connectivity index (χ3v) is 4.64. The second kappa shape index (κ2) is 9.15. The standard InChI is InChI=1S/C21H30N6O2/c1-15-11-24-18(12-23-15)13-25-19-22-8-7-17(26-19)10-16-6-5-9-27(14-16)20(28)29-21(2,3)4/h7-8,11-12,16H,5-6,9-10,13-14H2,1-4H3,(H,22,25,26). The molecule has 1 atom stereocenters. The molecule has 1 saturated heterocycles. The highest BCUT2D eigenvalue weighted by atomic mass is 16.6. The monoisotopic (exact) mass is 398 g/mol. The van der Waals surface area contributed by atoms with E-state index in [1.807, 2.05) is 38.7 Å². The fraction of sp³-hybridized carbons (Fsp3) is 0.571. The van der Waals surface area contributed by atoms with Crippen molar-refractivity contribution >= 4 is 12.0 Å². The molecule has 0 saturated carbocycles. The Balaban J connectivity index is 1.55. The summed E-state index contributed by atoms with van der Waals surface area (Å²) in [5.74, 6) is 0.937. The van der Waals surface area contributed by atoms with Crippen molar-refractivity contribution in [1.82, 2.24) is 24.8 Å². The second-order valence-corrected chi connectivity index (χ2v) is 8.51. The van der Waals surface area contributed by atoms with Gasteiger partial charge in [0.05, 0.1) is 24.1 Å². The Morgan fingerprint density at radius 3 is 2.79 bits per heavy atom. The molecule has 1 aliphatic rings. The number of amides is 1. The number of piperidine rings is 1. The number of carbonyl (C=O) groups excluding carboxylic acids is 1. The number of aryl methyl sites for hydroxylation is 1. The molecular formula is C21H30N6O2. The molecule has 3 heterocycles. The molecule has 1 fully saturated rings. The quantitative estimate of drug-likeness (QED) is 0.825.